The van der Waals surface area contributed by atoms with Crippen molar-refractivity contribution in [3.63, 3.8) is 0 Å². The highest BCUT2D eigenvalue weighted by molar-refractivity contribution is 9.10. The summed E-state index contributed by atoms with van der Waals surface area (Å²) in [4.78, 5) is 0. The summed E-state index contributed by atoms with van der Waals surface area (Å²) in [6.07, 6.45) is 1.78. The molecule has 1 aromatic heterocycles. The van der Waals surface area contributed by atoms with Gasteiger partial charge in [-0.2, -0.15) is 5.10 Å². The fourth-order valence-electron chi connectivity index (χ4n) is 2.05. The molecule has 2 aromatic carbocycles. The Hall–Kier alpha value is -2.07. The molecule has 2 N–H and O–H groups in total. The summed E-state index contributed by atoms with van der Waals surface area (Å²) >= 11 is 3.55. The van der Waals surface area contributed by atoms with E-state index in [0.29, 0.717) is 0 Å². The van der Waals surface area contributed by atoms with E-state index in [2.05, 4.69) is 21.0 Å². The van der Waals surface area contributed by atoms with Crippen LogP contribution in [0.25, 0.3) is 16.9 Å². The van der Waals surface area contributed by atoms with Gasteiger partial charge in [0.15, 0.2) is 0 Å². The number of hydrogen-bond acceptors (Lipinski definition) is 2. The normalized spacial score (nSPS) is 10.6. The number of nitrogens with two attached hydrogens (primary N) is 1. The molecule has 19 heavy (non-hydrogen) atoms. The van der Waals surface area contributed by atoms with Crippen LogP contribution in [0.2, 0.25) is 0 Å². The van der Waals surface area contributed by atoms with Crippen molar-refractivity contribution in [2.45, 2.75) is 0 Å². The topological polar surface area (TPSA) is 43.8 Å². The van der Waals surface area contributed by atoms with Gasteiger partial charge in [-0.05, 0) is 40.2 Å². The first kappa shape index (κ1) is 12.0. The number of halogens is 1. The van der Waals surface area contributed by atoms with Crippen molar-refractivity contribution in [3.05, 3.63) is 65.3 Å². The van der Waals surface area contributed by atoms with E-state index in [1.165, 1.54) is 0 Å². The van der Waals surface area contributed by atoms with Crippen molar-refractivity contribution in [1.82, 2.24) is 9.78 Å². The van der Waals surface area contributed by atoms with Gasteiger partial charge in [0.25, 0.3) is 0 Å². The minimum Gasteiger partial charge on any atom is -0.398 e. The second-order valence-electron chi connectivity index (χ2n) is 4.17. The minimum atomic E-state index is 0.747. The van der Waals surface area contributed by atoms with Crippen LogP contribution in [0.1, 0.15) is 0 Å². The Kier molecular flexibility index (Phi) is 3.09. The molecule has 0 spiro atoms. The van der Waals surface area contributed by atoms with E-state index in [1.807, 2.05) is 59.3 Å². The lowest BCUT2D eigenvalue weighted by atomic mass is 10.1. The standard InChI is InChI=1S/C15H12BrN3/c16-12-6-2-4-8-15(12)19-14(9-10-18-19)11-5-1-3-7-13(11)17/h1-10H,17H2. The first-order valence-electron chi connectivity index (χ1n) is 5.91. The minimum absolute atomic E-state index is 0.747. The molecule has 0 bridgehead atoms. The maximum Gasteiger partial charge on any atom is 0.0794 e. The number of rotatable bonds is 2. The van der Waals surface area contributed by atoms with Gasteiger partial charge in [0.2, 0.25) is 0 Å². The van der Waals surface area contributed by atoms with Gasteiger partial charge in [-0.3, -0.25) is 0 Å². The molecule has 3 rings (SSSR count). The molecule has 1 heterocycles. The molecule has 94 valence electrons. The fourth-order valence-corrected chi connectivity index (χ4v) is 2.51. The van der Waals surface area contributed by atoms with E-state index in [-0.39, 0.29) is 0 Å². The van der Waals surface area contributed by atoms with Gasteiger partial charge in [0.05, 0.1) is 17.6 Å². The Morgan fingerprint density at radius 2 is 1.68 bits per heavy atom. The molecule has 0 aliphatic rings. The second-order valence-corrected chi connectivity index (χ2v) is 5.02. The van der Waals surface area contributed by atoms with E-state index in [4.69, 9.17) is 5.73 Å². The lowest BCUT2D eigenvalue weighted by Crippen LogP contribution is -2.01. The van der Waals surface area contributed by atoms with E-state index < -0.39 is 0 Å². The summed E-state index contributed by atoms with van der Waals surface area (Å²) in [6.45, 7) is 0. The number of nitrogens with zero attached hydrogens (tertiary/aromatic N) is 2. The molecule has 0 amide bonds. The third kappa shape index (κ3) is 2.15. The highest BCUT2D eigenvalue weighted by atomic mass is 79.9. The van der Waals surface area contributed by atoms with Crippen LogP contribution in [0.4, 0.5) is 5.69 Å². The Balaban J connectivity index is 2.20. The molecular weight excluding hydrogens is 302 g/mol. The highest BCUT2D eigenvalue weighted by Gasteiger charge is 2.11. The largest absolute Gasteiger partial charge is 0.398 e. The molecule has 0 unspecified atom stereocenters. The number of hydrogen-bond donors (Lipinski definition) is 1. The number of para-hydroxylation sites is 2. The lowest BCUT2D eigenvalue weighted by Gasteiger charge is -2.11. The maximum absolute atomic E-state index is 6.04. The molecule has 0 saturated carbocycles. The average Bonchev–Trinajstić information content (AvgIpc) is 2.89. The van der Waals surface area contributed by atoms with Crippen LogP contribution in [0.5, 0.6) is 0 Å². The van der Waals surface area contributed by atoms with Gasteiger partial charge < -0.3 is 5.73 Å². The summed E-state index contributed by atoms with van der Waals surface area (Å²) < 4.78 is 2.88. The first-order chi connectivity index (χ1) is 9.27. The fraction of sp³-hybridized carbons (Fsp3) is 0. The zero-order valence-corrected chi connectivity index (χ0v) is 11.7. The SMILES string of the molecule is Nc1ccccc1-c1ccnn1-c1ccccc1Br. The average molecular weight is 314 g/mol. The quantitative estimate of drug-likeness (QED) is 0.729. The van der Waals surface area contributed by atoms with E-state index >= 15 is 0 Å². The molecular formula is C15H12BrN3. The van der Waals surface area contributed by atoms with Crippen LogP contribution in [0.3, 0.4) is 0 Å². The van der Waals surface area contributed by atoms with Crippen molar-refractivity contribution in [2.24, 2.45) is 0 Å². The second kappa shape index (κ2) is 4.90. The molecule has 0 fully saturated rings. The zero-order valence-electron chi connectivity index (χ0n) is 10.1. The van der Waals surface area contributed by atoms with Gasteiger partial charge >= 0.3 is 0 Å². The molecule has 0 radical (unpaired) electrons. The number of aromatic nitrogens is 2. The van der Waals surface area contributed by atoms with Gasteiger partial charge in [0.1, 0.15) is 0 Å². The van der Waals surface area contributed by atoms with Gasteiger partial charge in [-0.15, -0.1) is 0 Å². The molecule has 0 aliphatic carbocycles. The van der Waals surface area contributed by atoms with Gasteiger partial charge in [-0.25, -0.2) is 4.68 Å². The summed E-state index contributed by atoms with van der Waals surface area (Å²) in [6, 6.07) is 17.7. The van der Waals surface area contributed by atoms with Crippen LogP contribution in [0.15, 0.2) is 65.3 Å². The Bertz CT molecular complexity index is 659. The molecule has 4 heteroatoms. The third-order valence-corrected chi connectivity index (χ3v) is 3.63. The Labute approximate surface area is 119 Å². The molecule has 0 saturated heterocycles. The predicted molar refractivity (Wildman–Crippen MR) is 81.1 cm³/mol. The van der Waals surface area contributed by atoms with Gasteiger partial charge in [0, 0.05) is 15.7 Å². The summed E-state index contributed by atoms with van der Waals surface area (Å²) in [5, 5.41) is 4.40. The van der Waals surface area contributed by atoms with E-state index in [9.17, 15) is 0 Å². The first-order valence-corrected chi connectivity index (χ1v) is 6.70. The smallest absolute Gasteiger partial charge is 0.0794 e. The molecule has 3 aromatic rings. The van der Waals surface area contributed by atoms with Gasteiger partial charge in [-0.1, -0.05) is 30.3 Å². The molecule has 0 atom stereocenters. The third-order valence-electron chi connectivity index (χ3n) is 2.96. The summed E-state index contributed by atoms with van der Waals surface area (Å²) in [5.41, 5.74) is 9.74. The van der Waals surface area contributed by atoms with Crippen molar-refractivity contribution in [1.29, 1.82) is 0 Å². The summed E-state index contributed by atoms with van der Waals surface area (Å²) in [7, 11) is 0. The van der Waals surface area contributed by atoms with Crippen molar-refractivity contribution in [3.8, 4) is 16.9 Å². The monoisotopic (exact) mass is 313 g/mol. The van der Waals surface area contributed by atoms with Crippen LogP contribution >= 0.6 is 15.9 Å². The van der Waals surface area contributed by atoms with Crippen molar-refractivity contribution in [2.75, 3.05) is 5.73 Å². The maximum atomic E-state index is 6.04. The molecule has 0 aliphatic heterocycles. The number of anilines is 1. The predicted octanol–water partition coefficient (Wildman–Crippen LogP) is 3.88. The van der Waals surface area contributed by atoms with E-state index in [1.54, 1.807) is 6.20 Å². The van der Waals surface area contributed by atoms with E-state index in [0.717, 1.165) is 27.1 Å². The summed E-state index contributed by atoms with van der Waals surface area (Å²) in [5.74, 6) is 0. The number of benzene rings is 2. The number of nitrogen functional groups attached to an aromatic ring is 1. The van der Waals surface area contributed by atoms with Crippen LogP contribution < -0.4 is 5.73 Å². The highest BCUT2D eigenvalue weighted by Crippen LogP contribution is 2.29. The Morgan fingerprint density at radius 1 is 0.947 bits per heavy atom. The Morgan fingerprint density at radius 3 is 2.47 bits per heavy atom. The van der Waals surface area contributed by atoms with Crippen LogP contribution in [-0.4, -0.2) is 9.78 Å². The van der Waals surface area contributed by atoms with Crippen molar-refractivity contribution >= 4 is 21.6 Å². The van der Waals surface area contributed by atoms with Crippen molar-refractivity contribution < 1.29 is 0 Å². The van der Waals surface area contributed by atoms with Crippen LogP contribution in [-0.2, 0) is 0 Å². The van der Waals surface area contributed by atoms with Crippen LogP contribution in [0, 0.1) is 0 Å². The lowest BCUT2D eigenvalue weighted by molar-refractivity contribution is 0.884. The zero-order chi connectivity index (χ0) is 13.2. The molecule has 3 nitrogen and oxygen atoms in total.